The van der Waals surface area contributed by atoms with E-state index < -0.39 is 0 Å². The highest BCUT2D eigenvalue weighted by Crippen LogP contribution is 2.43. The van der Waals surface area contributed by atoms with Gasteiger partial charge >= 0.3 is 0 Å². The highest BCUT2D eigenvalue weighted by atomic mass is 35.5. The average Bonchev–Trinajstić information content (AvgIpc) is 2.73. The molecule has 1 saturated carbocycles. The largest absolute Gasteiger partial charge is 0.311 e. The molecule has 108 valence electrons. The summed E-state index contributed by atoms with van der Waals surface area (Å²) in [5, 5.41) is 0.649. The van der Waals surface area contributed by atoms with Crippen LogP contribution < -0.4 is 0 Å². The Balaban J connectivity index is 2.09. The number of nitrogens with zero attached hydrogens (tertiary/aromatic N) is 2. The van der Waals surface area contributed by atoms with Crippen LogP contribution in [0, 0.1) is 17.8 Å². The maximum absolute atomic E-state index is 6.47. The number of hydrogen-bond donors (Lipinski definition) is 0. The molecule has 0 spiro atoms. The summed E-state index contributed by atoms with van der Waals surface area (Å²) in [6.07, 6.45) is 3.85. The first kappa shape index (κ1) is 13.9. The van der Waals surface area contributed by atoms with Crippen molar-refractivity contribution in [1.29, 1.82) is 0 Å². The number of hydrogen-bond acceptors (Lipinski definition) is 1. The molecule has 3 heteroatoms. The zero-order valence-corrected chi connectivity index (χ0v) is 13.3. The van der Waals surface area contributed by atoms with Crippen molar-refractivity contribution in [2.45, 2.75) is 46.1 Å². The molecule has 0 aliphatic heterocycles. The number of para-hydroxylation sites is 2. The molecule has 3 unspecified atom stereocenters. The number of halogens is 1. The number of imidazole rings is 1. The lowest BCUT2D eigenvalue weighted by atomic mass is 9.74. The van der Waals surface area contributed by atoms with Crippen molar-refractivity contribution >= 4 is 22.6 Å². The predicted molar refractivity (Wildman–Crippen MR) is 85.1 cm³/mol. The molecule has 1 aromatic carbocycles. The van der Waals surface area contributed by atoms with E-state index >= 15 is 0 Å². The van der Waals surface area contributed by atoms with Gasteiger partial charge in [-0.15, -0.1) is 0 Å². The summed E-state index contributed by atoms with van der Waals surface area (Å²) in [6.45, 7) is 7.03. The summed E-state index contributed by atoms with van der Waals surface area (Å²) in [6, 6.07) is 8.78. The van der Waals surface area contributed by atoms with Crippen LogP contribution in [0.3, 0.4) is 0 Å². The third-order valence-electron chi connectivity index (χ3n) is 4.87. The Morgan fingerprint density at radius 1 is 1.25 bits per heavy atom. The van der Waals surface area contributed by atoms with E-state index in [1.54, 1.807) is 0 Å². The lowest BCUT2D eigenvalue weighted by molar-refractivity contribution is 0.152. The van der Waals surface area contributed by atoms with Crippen molar-refractivity contribution in [3.63, 3.8) is 0 Å². The van der Waals surface area contributed by atoms with E-state index in [4.69, 9.17) is 11.6 Å². The standard InChI is InChI=1S/C17H23ClN2/c1-11(2)13-9-8-12(3)10-16(13)20-15-7-5-4-6-14(15)19-17(20)18/h4-7,11-13,16H,8-10H2,1-3H3. The van der Waals surface area contributed by atoms with Crippen molar-refractivity contribution in [1.82, 2.24) is 9.55 Å². The molecule has 1 heterocycles. The van der Waals surface area contributed by atoms with Gasteiger partial charge in [-0.05, 0) is 54.3 Å². The Hall–Kier alpha value is -1.02. The maximum Gasteiger partial charge on any atom is 0.204 e. The van der Waals surface area contributed by atoms with E-state index in [2.05, 4.69) is 42.5 Å². The maximum atomic E-state index is 6.47. The molecule has 1 aromatic heterocycles. The smallest absolute Gasteiger partial charge is 0.204 e. The van der Waals surface area contributed by atoms with Gasteiger partial charge in [0.1, 0.15) is 0 Å². The predicted octanol–water partition coefficient (Wildman–Crippen LogP) is 5.32. The van der Waals surface area contributed by atoms with Gasteiger partial charge in [-0.1, -0.05) is 39.3 Å². The van der Waals surface area contributed by atoms with E-state index in [1.165, 1.54) is 24.8 Å². The van der Waals surface area contributed by atoms with Crippen LogP contribution in [0.25, 0.3) is 11.0 Å². The summed E-state index contributed by atoms with van der Waals surface area (Å²) >= 11 is 6.47. The minimum atomic E-state index is 0.485. The van der Waals surface area contributed by atoms with Crippen LogP contribution in [0.2, 0.25) is 5.28 Å². The van der Waals surface area contributed by atoms with E-state index in [1.807, 2.05) is 12.1 Å². The molecule has 0 N–H and O–H groups in total. The fourth-order valence-corrected chi connectivity index (χ4v) is 4.09. The van der Waals surface area contributed by atoms with Crippen LogP contribution in [0.1, 0.15) is 46.1 Å². The minimum Gasteiger partial charge on any atom is -0.311 e. The Labute approximate surface area is 126 Å². The molecule has 1 aliphatic rings. The summed E-state index contributed by atoms with van der Waals surface area (Å²) in [5.41, 5.74) is 2.19. The minimum absolute atomic E-state index is 0.485. The Kier molecular flexibility index (Phi) is 3.76. The quantitative estimate of drug-likeness (QED) is 0.731. The van der Waals surface area contributed by atoms with Gasteiger partial charge < -0.3 is 4.57 Å². The van der Waals surface area contributed by atoms with Crippen LogP contribution in [0.4, 0.5) is 0 Å². The van der Waals surface area contributed by atoms with Crippen LogP contribution in [-0.4, -0.2) is 9.55 Å². The lowest BCUT2D eigenvalue weighted by Crippen LogP contribution is -2.30. The van der Waals surface area contributed by atoms with E-state index in [0.717, 1.165) is 11.4 Å². The number of rotatable bonds is 2. The Morgan fingerprint density at radius 3 is 2.75 bits per heavy atom. The fourth-order valence-electron chi connectivity index (χ4n) is 3.78. The first-order valence-corrected chi connectivity index (χ1v) is 8.08. The molecule has 0 saturated heterocycles. The van der Waals surface area contributed by atoms with Crippen LogP contribution in [0.5, 0.6) is 0 Å². The molecule has 2 aromatic rings. The molecule has 3 rings (SSSR count). The molecule has 2 nitrogen and oxygen atoms in total. The molecule has 1 aliphatic carbocycles. The third kappa shape index (κ3) is 2.35. The average molecular weight is 291 g/mol. The Bertz CT molecular complexity index is 602. The van der Waals surface area contributed by atoms with Gasteiger partial charge in [-0.3, -0.25) is 0 Å². The Morgan fingerprint density at radius 2 is 2.00 bits per heavy atom. The van der Waals surface area contributed by atoms with Gasteiger partial charge in [0.05, 0.1) is 11.0 Å². The summed E-state index contributed by atoms with van der Waals surface area (Å²) in [7, 11) is 0. The van der Waals surface area contributed by atoms with E-state index in [0.29, 0.717) is 23.2 Å². The second-order valence-electron chi connectivity index (χ2n) is 6.63. The molecule has 0 radical (unpaired) electrons. The zero-order valence-electron chi connectivity index (χ0n) is 12.5. The topological polar surface area (TPSA) is 17.8 Å². The van der Waals surface area contributed by atoms with Crippen molar-refractivity contribution < 1.29 is 0 Å². The highest BCUT2D eigenvalue weighted by molar-refractivity contribution is 6.29. The second-order valence-corrected chi connectivity index (χ2v) is 6.97. The van der Waals surface area contributed by atoms with Gasteiger partial charge in [-0.25, -0.2) is 4.98 Å². The summed E-state index contributed by atoms with van der Waals surface area (Å²) < 4.78 is 2.29. The number of aromatic nitrogens is 2. The second kappa shape index (κ2) is 5.40. The molecule has 20 heavy (non-hydrogen) atoms. The normalized spacial score (nSPS) is 27.4. The zero-order chi connectivity index (χ0) is 14.3. The first-order valence-electron chi connectivity index (χ1n) is 7.70. The molecule has 0 amide bonds. The van der Waals surface area contributed by atoms with Gasteiger partial charge in [0.15, 0.2) is 0 Å². The van der Waals surface area contributed by atoms with E-state index in [9.17, 15) is 0 Å². The van der Waals surface area contributed by atoms with Crippen LogP contribution in [-0.2, 0) is 0 Å². The monoisotopic (exact) mass is 290 g/mol. The van der Waals surface area contributed by atoms with Crippen LogP contribution >= 0.6 is 11.6 Å². The van der Waals surface area contributed by atoms with Gasteiger partial charge in [0.25, 0.3) is 0 Å². The molecule has 3 atom stereocenters. The van der Waals surface area contributed by atoms with Crippen LogP contribution in [0.15, 0.2) is 24.3 Å². The van der Waals surface area contributed by atoms with Crippen molar-refractivity contribution in [3.8, 4) is 0 Å². The lowest BCUT2D eigenvalue weighted by Gasteiger charge is -2.38. The SMILES string of the molecule is CC1CCC(C(C)C)C(n2c(Cl)nc3ccccc32)C1. The van der Waals surface area contributed by atoms with Crippen molar-refractivity contribution in [2.75, 3.05) is 0 Å². The van der Waals surface area contributed by atoms with Gasteiger partial charge in [0.2, 0.25) is 5.28 Å². The number of fused-ring (bicyclic) bond motifs is 1. The summed E-state index contributed by atoms with van der Waals surface area (Å²) in [4.78, 5) is 4.54. The fraction of sp³-hybridized carbons (Fsp3) is 0.588. The van der Waals surface area contributed by atoms with Gasteiger partial charge in [0, 0.05) is 6.04 Å². The first-order chi connectivity index (χ1) is 9.58. The number of benzene rings is 1. The highest BCUT2D eigenvalue weighted by Gasteiger charge is 2.33. The van der Waals surface area contributed by atoms with Crippen molar-refractivity contribution in [2.24, 2.45) is 17.8 Å². The third-order valence-corrected chi connectivity index (χ3v) is 5.14. The molecule has 1 fully saturated rings. The molecule has 0 bridgehead atoms. The molecular weight excluding hydrogens is 268 g/mol. The molecular formula is C17H23ClN2. The summed E-state index contributed by atoms with van der Waals surface area (Å²) in [5.74, 6) is 2.15. The van der Waals surface area contributed by atoms with Gasteiger partial charge in [-0.2, -0.15) is 0 Å². The van der Waals surface area contributed by atoms with E-state index in [-0.39, 0.29) is 0 Å². The van der Waals surface area contributed by atoms with Crippen molar-refractivity contribution in [3.05, 3.63) is 29.5 Å².